The quantitative estimate of drug-likeness (QED) is 0.819. The van der Waals surface area contributed by atoms with Gasteiger partial charge in [0, 0.05) is 23.4 Å². The molecule has 8 heteroatoms. The van der Waals surface area contributed by atoms with Gasteiger partial charge >= 0.3 is 0 Å². The van der Waals surface area contributed by atoms with Crippen LogP contribution in [0.2, 0.25) is 5.02 Å². The highest BCUT2D eigenvalue weighted by atomic mass is 35.5. The number of aromatic nitrogens is 2. The number of halogens is 1. The van der Waals surface area contributed by atoms with Crippen LogP contribution in [-0.2, 0) is 28.4 Å². The Labute approximate surface area is 139 Å². The number of rotatable bonds is 5. The Morgan fingerprint density at radius 1 is 1.39 bits per heavy atom. The predicted molar refractivity (Wildman–Crippen MR) is 85.4 cm³/mol. The van der Waals surface area contributed by atoms with E-state index in [2.05, 4.69) is 10.1 Å². The van der Waals surface area contributed by atoms with E-state index in [1.807, 2.05) is 13.0 Å². The third-order valence-electron chi connectivity index (χ3n) is 3.87. The van der Waals surface area contributed by atoms with Crippen LogP contribution < -0.4 is 4.74 Å². The summed E-state index contributed by atoms with van der Waals surface area (Å²) >= 11 is 6.08. The standard InChI is InChI=1S/C15H17ClN2O4S/c1-3-13-17-15(22-18-13)9(2)23(19,20)8-11-7-12(16)6-10-4-5-21-14(10)11/h6-7,9H,3-5,8H2,1-2H3. The minimum atomic E-state index is -3.53. The molecule has 124 valence electrons. The van der Waals surface area contributed by atoms with Crippen LogP contribution in [-0.4, -0.2) is 25.2 Å². The number of hydrogen-bond acceptors (Lipinski definition) is 6. The lowest BCUT2D eigenvalue weighted by Gasteiger charge is -2.12. The molecule has 2 aromatic rings. The molecule has 1 unspecified atom stereocenters. The van der Waals surface area contributed by atoms with E-state index in [0.717, 1.165) is 12.0 Å². The van der Waals surface area contributed by atoms with Gasteiger partial charge in [-0.3, -0.25) is 0 Å². The summed E-state index contributed by atoms with van der Waals surface area (Å²) in [7, 11) is -3.53. The Morgan fingerprint density at radius 3 is 2.87 bits per heavy atom. The van der Waals surface area contributed by atoms with Gasteiger partial charge in [-0.1, -0.05) is 23.7 Å². The molecule has 0 bridgehead atoms. The second kappa shape index (κ2) is 6.13. The maximum atomic E-state index is 12.7. The van der Waals surface area contributed by atoms with Crippen molar-refractivity contribution in [2.45, 2.75) is 37.7 Å². The molecule has 0 saturated heterocycles. The zero-order valence-electron chi connectivity index (χ0n) is 12.9. The molecular weight excluding hydrogens is 340 g/mol. The van der Waals surface area contributed by atoms with E-state index in [1.54, 1.807) is 13.0 Å². The minimum Gasteiger partial charge on any atom is -0.493 e. The van der Waals surface area contributed by atoms with Gasteiger partial charge in [-0.15, -0.1) is 0 Å². The topological polar surface area (TPSA) is 82.3 Å². The molecule has 1 atom stereocenters. The van der Waals surface area contributed by atoms with Crippen molar-refractivity contribution < 1.29 is 17.7 Å². The number of fused-ring (bicyclic) bond motifs is 1. The smallest absolute Gasteiger partial charge is 0.244 e. The number of benzene rings is 1. The van der Waals surface area contributed by atoms with Crippen molar-refractivity contribution in [3.63, 3.8) is 0 Å². The summed E-state index contributed by atoms with van der Waals surface area (Å²) in [5, 5.41) is 3.38. The summed E-state index contributed by atoms with van der Waals surface area (Å²) < 4.78 is 36.0. The van der Waals surface area contributed by atoms with Crippen molar-refractivity contribution in [1.29, 1.82) is 0 Å². The van der Waals surface area contributed by atoms with Crippen molar-refractivity contribution >= 4 is 21.4 Å². The lowest BCUT2D eigenvalue weighted by molar-refractivity contribution is 0.354. The van der Waals surface area contributed by atoms with Crippen LogP contribution in [0.5, 0.6) is 5.75 Å². The molecule has 3 rings (SSSR count). The molecule has 2 heterocycles. The van der Waals surface area contributed by atoms with Gasteiger partial charge in [0.15, 0.2) is 15.7 Å². The summed E-state index contributed by atoms with van der Waals surface area (Å²) in [6.45, 7) is 3.97. The van der Waals surface area contributed by atoms with Crippen LogP contribution in [0.15, 0.2) is 16.7 Å². The van der Waals surface area contributed by atoms with Gasteiger partial charge < -0.3 is 9.26 Å². The van der Waals surface area contributed by atoms with Crippen molar-refractivity contribution in [3.8, 4) is 5.75 Å². The second-order valence-electron chi connectivity index (χ2n) is 5.50. The third kappa shape index (κ3) is 3.21. The first-order valence-electron chi connectivity index (χ1n) is 7.39. The van der Waals surface area contributed by atoms with Crippen molar-refractivity contribution in [2.24, 2.45) is 0 Å². The van der Waals surface area contributed by atoms with Crippen LogP contribution in [0, 0.1) is 0 Å². The van der Waals surface area contributed by atoms with E-state index in [9.17, 15) is 8.42 Å². The molecular formula is C15H17ClN2O4S. The largest absolute Gasteiger partial charge is 0.493 e. The van der Waals surface area contributed by atoms with Crippen LogP contribution in [0.3, 0.4) is 0 Å². The van der Waals surface area contributed by atoms with E-state index in [1.165, 1.54) is 0 Å². The Hall–Kier alpha value is -1.60. The highest BCUT2D eigenvalue weighted by molar-refractivity contribution is 7.90. The molecule has 1 aromatic carbocycles. The van der Waals surface area contributed by atoms with E-state index in [0.29, 0.717) is 35.2 Å². The summed E-state index contributed by atoms with van der Waals surface area (Å²) in [6, 6.07) is 3.45. The number of aryl methyl sites for hydroxylation is 1. The van der Waals surface area contributed by atoms with Gasteiger partial charge in [-0.25, -0.2) is 8.42 Å². The van der Waals surface area contributed by atoms with Gasteiger partial charge in [0.1, 0.15) is 11.0 Å². The molecule has 0 N–H and O–H groups in total. The lowest BCUT2D eigenvalue weighted by Crippen LogP contribution is -2.14. The molecule has 0 fully saturated rings. The fourth-order valence-corrected chi connectivity index (χ4v) is 4.09. The first kappa shape index (κ1) is 16.3. The lowest BCUT2D eigenvalue weighted by atomic mass is 10.1. The molecule has 0 radical (unpaired) electrons. The van der Waals surface area contributed by atoms with Gasteiger partial charge in [0.25, 0.3) is 0 Å². The molecule has 1 aromatic heterocycles. The monoisotopic (exact) mass is 356 g/mol. The van der Waals surface area contributed by atoms with Crippen LogP contribution >= 0.6 is 11.6 Å². The summed E-state index contributed by atoms with van der Waals surface area (Å²) in [5.74, 6) is 1.06. The molecule has 6 nitrogen and oxygen atoms in total. The van der Waals surface area contributed by atoms with E-state index < -0.39 is 15.1 Å². The number of nitrogens with zero attached hydrogens (tertiary/aromatic N) is 2. The first-order chi connectivity index (χ1) is 10.9. The fourth-order valence-electron chi connectivity index (χ4n) is 2.52. The number of ether oxygens (including phenoxy) is 1. The first-order valence-corrected chi connectivity index (χ1v) is 9.48. The maximum absolute atomic E-state index is 12.7. The van der Waals surface area contributed by atoms with E-state index in [-0.39, 0.29) is 11.6 Å². The van der Waals surface area contributed by atoms with Gasteiger partial charge in [-0.05, 0) is 24.6 Å². The average molecular weight is 357 g/mol. The Bertz CT molecular complexity index is 832. The molecule has 0 spiro atoms. The van der Waals surface area contributed by atoms with Gasteiger partial charge in [-0.2, -0.15) is 4.98 Å². The Kier molecular flexibility index (Phi) is 4.33. The number of sulfone groups is 1. The van der Waals surface area contributed by atoms with Crippen LogP contribution in [0.4, 0.5) is 0 Å². The Balaban J connectivity index is 1.89. The zero-order chi connectivity index (χ0) is 16.6. The van der Waals surface area contributed by atoms with Crippen molar-refractivity contribution in [3.05, 3.63) is 40.0 Å². The zero-order valence-corrected chi connectivity index (χ0v) is 14.4. The van der Waals surface area contributed by atoms with Gasteiger partial charge in [0.05, 0.1) is 12.4 Å². The van der Waals surface area contributed by atoms with Gasteiger partial charge in [0.2, 0.25) is 5.89 Å². The normalized spacial score (nSPS) is 15.3. The van der Waals surface area contributed by atoms with Crippen LogP contribution in [0.1, 0.15) is 41.9 Å². The molecule has 1 aliphatic rings. The van der Waals surface area contributed by atoms with Crippen molar-refractivity contribution in [2.75, 3.05) is 6.61 Å². The third-order valence-corrected chi connectivity index (χ3v) is 6.08. The molecule has 0 amide bonds. The van der Waals surface area contributed by atoms with Crippen LogP contribution in [0.25, 0.3) is 0 Å². The highest BCUT2D eigenvalue weighted by Crippen LogP contribution is 2.35. The maximum Gasteiger partial charge on any atom is 0.244 e. The van der Waals surface area contributed by atoms with Crippen molar-refractivity contribution in [1.82, 2.24) is 10.1 Å². The fraction of sp³-hybridized carbons (Fsp3) is 0.467. The molecule has 0 aliphatic carbocycles. The summed E-state index contributed by atoms with van der Waals surface area (Å²) in [6.07, 6.45) is 1.33. The predicted octanol–water partition coefficient (Wildman–Crippen LogP) is 2.90. The SMILES string of the molecule is CCc1noc(C(C)S(=O)(=O)Cc2cc(Cl)cc3c2OCC3)n1. The summed E-state index contributed by atoms with van der Waals surface area (Å²) in [4.78, 5) is 4.11. The number of hydrogen-bond donors (Lipinski definition) is 0. The highest BCUT2D eigenvalue weighted by Gasteiger charge is 2.30. The molecule has 23 heavy (non-hydrogen) atoms. The van der Waals surface area contributed by atoms with E-state index >= 15 is 0 Å². The minimum absolute atomic E-state index is 0.112. The molecule has 0 saturated carbocycles. The average Bonchev–Trinajstić information content (AvgIpc) is 3.14. The molecule has 1 aliphatic heterocycles. The Morgan fingerprint density at radius 2 is 2.17 bits per heavy atom. The van der Waals surface area contributed by atoms with E-state index in [4.69, 9.17) is 20.9 Å². The second-order valence-corrected chi connectivity index (χ2v) is 8.26. The summed E-state index contributed by atoms with van der Waals surface area (Å²) in [5.41, 5.74) is 1.52.